The molecule has 14 heavy (non-hydrogen) atoms. The molecule has 3 aliphatic carbocycles. The highest BCUT2D eigenvalue weighted by molar-refractivity contribution is 5.07. The SMILES string of the molecule is CC(C)C12CCCCC(C(C)C)(C1)C2. The van der Waals surface area contributed by atoms with Crippen molar-refractivity contribution in [1.82, 2.24) is 0 Å². The molecule has 0 saturated heterocycles. The Morgan fingerprint density at radius 1 is 0.714 bits per heavy atom. The summed E-state index contributed by atoms with van der Waals surface area (Å²) in [4.78, 5) is 0. The molecule has 0 aromatic rings. The van der Waals surface area contributed by atoms with Crippen LogP contribution in [-0.2, 0) is 0 Å². The number of hydrogen-bond acceptors (Lipinski definition) is 0. The highest BCUT2D eigenvalue weighted by atomic mass is 14.6. The minimum atomic E-state index is 0.751. The van der Waals surface area contributed by atoms with Crippen LogP contribution >= 0.6 is 0 Å². The third kappa shape index (κ3) is 1.33. The van der Waals surface area contributed by atoms with Gasteiger partial charge < -0.3 is 0 Å². The van der Waals surface area contributed by atoms with Crippen molar-refractivity contribution in [2.24, 2.45) is 22.7 Å². The molecular weight excluding hydrogens is 168 g/mol. The van der Waals surface area contributed by atoms with E-state index in [4.69, 9.17) is 0 Å². The van der Waals surface area contributed by atoms with Crippen molar-refractivity contribution in [3.8, 4) is 0 Å². The summed E-state index contributed by atoms with van der Waals surface area (Å²) in [5.41, 5.74) is 1.50. The van der Waals surface area contributed by atoms with Gasteiger partial charge in [-0.2, -0.15) is 0 Å². The zero-order valence-electron chi connectivity index (χ0n) is 10.4. The Balaban J connectivity index is 2.15. The van der Waals surface area contributed by atoms with Gasteiger partial charge in [-0.1, -0.05) is 40.5 Å². The van der Waals surface area contributed by atoms with Crippen LogP contribution in [0.25, 0.3) is 0 Å². The fraction of sp³-hybridized carbons (Fsp3) is 1.00. The van der Waals surface area contributed by atoms with Gasteiger partial charge in [0, 0.05) is 0 Å². The summed E-state index contributed by atoms with van der Waals surface area (Å²) in [5, 5.41) is 0. The molecule has 0 aliphatic heterocycles. The molecule has 0 aromatic carbocycles. The molecule has 0 unspecified atom stereocenters. The first-order chi connectivity index (χ1) is 6.51. The van der Waals surface area contributed by atoms with E-state index in [1.165, 1.54) is 38.5 Å². The van der Waals surface area contributed by atoms with Crippen molar-refractivity contribution < 1.29 is 0 Å². The molecule has 0 aromatic heterocycles. The zero-order chi connectivity index (χ0) is 10.4. The molecule has 3 fully saturated rings. The third-order valence-electron chi connectivity index (χ3n) is 5.46. The summed E-state index contributed by atoms with van der Waals surface area (Å²) in [5.74, 6) is 1.82. The summed E-state index contributed by atoms with van der Waals surface area (Å²) < 4.78 is 0. The smallest absolute Gasteiger partial charge is 0.0264 e. The van der Waals surface area contributed by atoms with Crippen LogP contribution in [0.1, 0.15) is 66.2 Å². The minimum Gasteiger partial charge on any atom is -0.0622 e. The van der Waals surface area contributed by atoms with Gasteiger partial charge in [-0.15, -0.1) is 0 Å². The zero-order valence-corrected chi connectivity index (χ0v) is 10.4. The van der Waals surface area contributed by atoms with E-state index in [1.54, 1.807) is 0 Å². The molecule has 3 saturated carbocycles. The van der Waals surface area contributed by atoms with Crippen LogP contribution in [0.15, 0.2) is 0 Å². The number of fused-ring (bicyclic) bond motifs is 3. The lowest BCUT2D eigenvalue weighted by Crippen LogP contribution is -2.50. The predicted molar refractivity (Wildman–Crippen MR) is 62.2 cm³/mol. The molecule has 0 nitrogen and oxygen atoms in total. The second kappa shape index (κ2) is 3.25. The monoisotopic (exact) mass is 194 g/mol. The first kappa shape index (κ1) is 10.5. The van der Waals surface area contributed by atoms with Crippen LogP contribution in [0.2, 0.25) is 0 Å². The van der Waals surface area contributed by atoms with Crippen LogP contribution < -0.4 is 0 Å². The maximum absolute atomic E-state index is 2.44. The van der Waals surface area contributed by atoms with Crippen molar-refractivity contribution in [3.05, 3.63) is 0 Å². The van der Waals surface area contributed by atoms with Crippen molar-refractivity contribution >= 4 is 0 Å². The molecule has 2 bridgehead atoms. The topological polar surface area (TPSA) is 0 Å². The Kier molecular flexibility index (Phi) is 2.44. The van der Waals surface area contributed by atoms with Gasteiger partial charge in [0.1, 0.15) is 0 Å². The molecule has 3 rings (SSSR count). The normalized spacial score (nSPS) is 42.4. The second-order valence-corrected chi connectivity index (χ2v) is 6.59. The van der Waals surface area contributed by atoms with Gasteiger partial charge in [0.2, 0.25) is 0 Å². The van der Waals surface area contributed by atoms with Crippen molar-refractivity contribution in [1.29, 1.82) is 0 Å². The summed E-state index contributed by atoms with van der Waals surface area (Å²) in [6, 6.07) is 0. The maximum atomic E-state index is 2.44. The third-order valence-corrected chi connectivity index (χ3v) is 5.46. The van der Waals surface area contributed by atoms with Gasteiger partial charge in [0.05, 0.1) is 0 Å². The number of hydrogen-bond donors (Lipinski definition) is 0. The Morgan fingerprint density at radius 2 is 1.07 bits per heavy atom. The van der Waals surface area contributed by atoms with Crippen LogP contribution in [0.4, 0.5) is 0 Å². The summed E-state index contributed by atoms with van der Waals surface area (Å²) in [6.45, 7) is 9.76. The molecule has 0 radical (unpaired) electrons. The van der Waals surface area contributed by atoms with E-state index in [2.05, 4.69) is 27.7 Å². The lowest BCUT2D eigenvalue weighted by Gasteiger charge is -2.60. The molecule has 0 heteroatoms. The van der Waals surface area contributed by atoms with E-state index in [-0.39, 0.29) is 0 Å². The molecule has 0 atom stereocenters. The predicted octanol–water partition coefficient (Wildman–Crippen LogP) is 4.64. The van der Waals surface area contributed by atoms with E-state index in [1.807, 2.05) is 0 Å². The second-order valence-electron chi connectivity index (χ2n) is 6.59. The fourth-order valence-electron chi connectivity index (χ4n) is 4.05. The molecule has 0 spiro atoms. The van der Waals surface area contributed by atoms with Gasteiger partial charge in [-0.3, -0.25) is 0 Å². The first-order valence-electron chi connectivity index (χ1n) is 6.51. The Labute approximate surface area is 89.5 Å². The van der Waals surface area contributed by atoms with Gasteiger partial charge in [-0.05, 0) is 48.3 Å². The van der Waals surface area contributed by atoms with E-state index >= 15 is 0 Å². The molecule has 0 amide bonds. The van der Waals surface area contributed by atoms with Crippen LogP contribution in [-0.4, -0.2) is 0 Å². The molecule has 0 N–H and O–H groups in total. The van der Waals surface area contributed by atoms with Gasteiger partial charge in [0.15, 0.2) is 0 Å². The van der Waals surface area contributed by atoms with Crippen LogP contribution in [0, 0.1) is 22.7 Å². The minimum absolute atomic E-state index is 0.751. The fourth-order valence-corrected chi connectivity index (χ4v) is 4.05. The number of rotatable bonds is 2. The Hall–Kier alpha value is 0. The van der Waals surface area contributed by atoms with E-state index in [9.17, 15) is 0 Å². The van der Waals surface area contributed by atoms with E-state index < -0.39 is 0 Å². The average Bonchev–Trinajstić information content (AvgIpc) is 2.31. The maximum Gasteiger partial charge on any atom is -0.0264 e. The van der Waals surface area contributed by atoms with Crippen LogP contribution in [0.3, 0.4) is 0 Å². The van der Waals surface area contributed by atoms with E-state index in [0.717, 1.165) is 22.7 Å². The summed E-state index contributed by atoms with van der Waals surface area (Å²) in [7, 11) is 0. The molecular formula is C14H26. The molecule has 3 aliphatic rings. The molecule has 0 heterocycles. The first-order valence-corrected chi connectivity index (χ1v) is 6.51. The highest BCUT2D eigenvalue weighted by Gasteiger charge is 2.57. The van der Waals surface area contributed by atoms with E-state index in [0.29, 0.717) is 0 Å². The largest absolute Gasteiger partial charge is 0.0622 e. The van der Waals surface area contributed by atoms with Crippen molar-refractivity contribution in [2.75, 3.05) is 0 Å². The lowest BCUT2D eigenvalue weighted by atomic mass is 9.45. The van der Waals surface area contributed by atoms with Gasteiger partial charge >= 0.3 is 0 Å². The molecule has 82 valence electrons. The van der Waals surface area contributed by atoms with Crippen molar-refractivity contribution in [3.63, 3.8) is 0 Å². The summed E-state index contributed by atoms with van der Waals surface area (Å²) >= 11 is 0. The average molecular weight is 194 g/mol. The Morgan fingerprint density at radius 3 is 1.36 bits per heavy atom. The van der Waals surface area contributed by atoms with Gasteiger partial charge in [0.25, 0.3) is 0 Å². The van der Waals surface area contributed by atoms with Crippen molar-refractivity contribution in [2.45, 2.75) is 66.2 Å². The van der Waals surface area contributed by atoms with Gasteiger partial charge in [-0.25, -0.2) is 0 Å². The Bertz CT molecular complexity index is 184. The quantitative estimate of drug-likeness (QED) is 0.601. The summed E-state index contributed by atoms with van der Waals surface area (Å²) in [6.07, 6.45) is 9.09. The lowest BCUT2D eigenvalue weighted by molar-refractivity contribution is -0.0986. The standard InChI is InChI=1S/C14H26/c1-11(2)13-7-5-6-8-14(9-13,10-13)12(3)4/h11-12H,5-10H2,1-4H3. The van der Waals surface area contributed by atoms with Crippen LogP contribution in [0.5, 0.6) is 0 Å². The highest BCUT2D eigenvalue weighted by Crippen LogP contribution is 2.67.